The number of hydrogen-bond acceptors (Lipinski definition) is 6. The summed E-state index contributed by atoms with van der Waals surface area (Å²) < 4.78 is 0. The smallest absolute Gasteiger partial charge is 0.269 e. The number of piperidine rings is 1. The van der Waals surface area contributed by atoms with Gasteiger partial charge >= 0.3 is 0 Å². The second-order valence-corrected chi connectivity index (χ2v) is 9.49. The molecular formula is C23H37N5O2. The van der Waals surface area contributed by atoms with Crippen LogP contribution in [0.3, 0.4) is 0 Å². The van der Waals surface area contributed by atoms with Crippen LogP contribution in [0.5, 0.6) is 0 Å². The lowest BCUT2D eigenvalue weighted by Gasteiger charge is -2.40. The van der Waals surface area contributed by atoms with Crippen molar-refractivity contribution >= 4 is 11.7 Å². The van der Waals surface area contributed by atoms with Gasteiger partial charge in [-0.25, -0.2) is 4.98 Å². The second kappa shape index (κ2) is 9.62. The topological polar surface area (TPSA) is 71.9 Å². The van der Waals surface area contributed by atoms with Crippen molar-refractivity contribution in [2.45, 2.75) is 57.7 Å². The van der Waals surface area contributed by atoms with Gasteiger partial charge in [-0.2, -0.15) is 0 Å². The summed E-state index contributed by atoms with van der Waals surface area (Å²) in [4.78, 5) is 24.2. The van der Waals surface area contributed by atoms with Crippen molar-refractivity contribution in [2.75, 3.05) is 50.7 Å². The maximum absolute atomic E-state index is 12.4. The summed E-state index contributed by atoms with van der Waals surface area (Å²) in [7, 11) is 0. The fourth-order valence-corrected chi connectivity index (χ4v) is 4.70. The lowest BCUT2D eigenvalue weighted by Crippen LogP contribution is -2.48. The van der Waals surface area contributed by atoms with Crippen LogP contribution in [0.4, 0.5) is 5.82 Å². The summed E-state index contributed by atoms with van der Waals surface area (Å²) in [5.74, 6) is 1.33. The fourth-order valence-electron chi connectivity index (χ4n) is 4.70. The third-order valence-corrected chi connectivity index (χ3v) is 6.82. The molecule has 1 aliphatic carbocycles. The molecule has 166 valence electrons. The van der Waals surface area contributed by atoms with Crippen molar-refractivity contribution in [1.29, 1.82) is 0 Å². The van der Waals surface area contributed by atoms with Gasteiger partial charge in [0.1, 0.15) is 11.5 Å². The highest BCUT2D eigenvalue weighted by atomic mass is 16.3. The molecule has 0 radical (unpaired) electrons. The number of anilines is 1. The zero-order chi connectivity index (χ0) is 21.1. The van der Waals surface area contributed by atoms with Gasteiger partial charge in [-0.1, -0.05) is 6.07 Å². The molecule has 4 rings (SSSR count). The Morgan fingerprint density at radius 2 is 1.90 bits per heavy atom. The van der Waals surface area contributed by atoms with Gasteiger partial charge in [-0.15, -0.1) is 0 Å². The van der Waals surface area contributed by atoms with Crippen LogP contribution < -0.4 is 10.2 Å². The lowest BCUT2D eigenvalue weighted by atomic mass is 10.0. The Bertz CT molecular complexity index is 715. The zero-order valence-corrected chi connectivity index (χ0v) is 18.5. The van der Waals surface area contributed by atoms with Crippen LogP contribution in [-0.4, -0.2) is 89.8 Å². The first kappa shape index (κ1) is 21.5. The fraction of sp³-hybridized carbons (Fsp3) is 0.739. The summed E-state index contributed by atoms with van der Waals surface area (Å²) in [6, 6.07) is 6.76. The minimum absolute atomic E-state index is 0.0994. The van der Waals surface area contributed by atoms with E-state index in [9.17, 15) is 9.90 Å². The number of pyridine rings is 1. The molecule has 1 aromatic heterocycles. The number of carbonyl (C=O) groups excluding carboxylic acids is 1. The van der Waals surface area contributed by atoms with Crippen molar-refractivity contribution in [3.8, 4) is 0 Å². The highest BCUT2D eigenvalue weighted by molar-refractivity contribution is 5.92. The maximum Gasteiger partial charge on any atom is 0.269 e. The third-order valence-electron chi connectivity index (χ3n) is 6.82. The number of hydrogen-bond donors (Lipinski definition) is 2. The van der Waals surface area contributed by atoms with Crippen molar-refractivity contribution in [2.24, 2.45) is 5.92 Å². The molecule has 3 fully saturated rings. The molecule has 3 aliphatic rings. The molecule has 1 aromatic rings. The van der Waals surface area contributed by atoms with Crippen molar-refractivity contribution in [3.05, 3.63) is 23.9 Å². The number of amides is 1. The predicted octanol–water partition coefficient (Wildman–Crippen LogP) is 1.58. The molecular weight excluding hydrogens is 378 g/mol. The van der Waals surface area contributed by atoms with E-state index in [-0.39, 0.29) is 5.91 Å². The SMILES string of the molecule is CC(C)N1CCC(N2CCN(c3cccc(C(=O)NCC4CC4)n3)CC(O)C2)CC1. The summed E-state index contributed by atoms with van der Waals surface area (Å²) in [5.41, 5.74) is 0.463. The molecule has 1 atom stereocenters. The van der Waals surface area contributed by atoms with Crippen LogP contribution in [0.2, 0.25) is 0 Å². The number of aliphatic hydroxyl groups is 1. The average Bonchev–Trinajstić information content (AvgIpc) is 3.59. The van der Waals surface area contributed by atoms with Gasteiger partial charge in [0.15, 0.2) is 0 Å². The number of aromatic nitrogens is 1. The predicted molar refractivity (Wildman–Crippen MR) is 119 cm³/mol. The van der Waals surface area contributed by atoms with Gasteiger partial charge in [0.2, 0.25) is 0 Å². The monoisotopic (exact) mass is 415 g/mol. The molecule has 2 saturated heterocycles. The van der Waals surface area contributed by atoms with E-state index in [4.69, 9.17) is 0 Å². The average molecular weight is 416 g/mol. The Hall–Kier alpha value is -1.70. The number of nitrogens with zero attached hydrogens (tertiary/aromatic N) is 4. The van der Waals surface area contributed by atoms with E-state index in [1.54, 1.807) is 6.07 Å². The number of aliphatic hydroxyl groups excluding tert-OH is 1. The highest BCUT2D eigenvalue weighted by Crippen LogP contribution is 2.27. The first-order chi connectivity index (χ1) is 14.5. The normalized spacial score (nSPS) is 24.8. The van der Waals surface area contributed by atoms with Crippen molar-refractivity contribution in [1.82, 2.24) is 20.1 Å². The van der Waals surface area contributed by atoms with E-state index in [1.807, 2.05) is 12.1 Å². The summed E-state index contributed by atoms with van der Waals surface area (Å²) in [6.07, 6.45) is 4.35. The van der Waals surface area contributed by atoms with Crippen molar-refractivity contribution < 1.29 is 9.90 Å². The number of nitrogens with one attached hydrogen (secondary N) is 1. The van der Waals surface area contributed by atoms with E-state index in [1.165, 1.54) is 25.7 Å². The first-order valence-corrected chi connectivity index (χ1v) is 11.7. The minimum atomic E-state index is -0.412. The zero-order valence-electron chi connectivity index (χ0n) is 18.5. The molecule has 1 saturated carbocycles. The number of β-amino-alcohol motifs (C(OH)–C–C–N with tert-alkyl or cyclic N) is 1. The van der Waals surface area contributed by atoms with Crippen LogP contribution in [0, 0.1) is 5.92 Å². The Morgan fingerprint density at radius 3 is 2.60 bits per heavy atom. The molecule has 7 nitrogen and oxygen atoms in total. The molecule has 1 unspecified atom stereocenters. The molecule has 7 heteroatoms. The van der Waals surface area contributed by atoms with Crippen LogP contribution >= 0.6 is 0 Å². The van der Waals surface area contributed by atoms with E-state index in [0.717, 1.165) is 38.5 Å². The lowest BCUT2D eigenvalue weighted by molar-refractivity contribution is 0.0635. The summed E-state index contributed by atoms with van der Waals surface area (Å²) in [6.45, 7) is 10.6. The van der Waals surface area contributed by atoms with Gasteiger partial charge in [0.25, 0.3) is 5.91 Å². The summed E-state index contributed by atoms with van der Waals surface area (Å²) in [5, 5.41) is 13.7. The van der Waals surface area contributed by atoms with Crippen molar-refractivity contribution in [3.63, 3.8) is 0 Å². The summed E-state index contributed by atoms with van der Waals surface area (Å²) >= 11 is 0. The Kier molecular flexibility index (Phi) is 6.91. The number of carbonyl (C=O) groups is 1. The Balaban J connectivity index is 1.35. The van der Waals surface area contributed by atoms with E-state index < -0.39 is 6.10 Å². The molecule has 3 heterocycles. The third kappa shape index (κ3) is 5.50. The second-order valence-electron chi connectivity index (χ2n) is 9.49. The molecule has 30 heavy (non-hydrogen) atoms. The molecule has 1 amide bonds. The number of likely N-dealkylation sites (tertiary alicyclic amines) is 1. The number of rotatable bonds is 6. The highest BCUT2D eigenvalue weighted by Gasteiger charge is 2.30. The van der Waals surface area contributed by atoms with Gasteiger partial charge in [-0.3, -0.25) is 9.69 Å². The Morgan fingerprint density at radius 1 is 1.13 bits per heavy atom. The van der Waals surface area contributed by atoms with Crippen LogP contribution in [0.25, 0.3) is 0 Å². The standard InChI is InChI=1S/C23H37N5O2/c1-17(2)26-10-8-19(9-11-26)27-12-13-28(16-20(29)15-27)22-5-3-4-21(25-22)23(30)24-14-18-6-7-18/h3-5,17-20,29H,6-16H2,1-2H3,(H,24,30). The largest absolute Gasteiger partial charge is 0.390 e. The molecule has 0 bridgehead atoms. The van der Waals surface area contributed by atoms with Gasteiger partial charge < -0.3 is 20.2 Å². The molecule has 0 aromatic carbocycles. The molecule has 2 N–H and O–H groups in total. The minimum Gasteiger partial charge on any atom is -0.390 e. The van der Waals surface area contributed by atoms with Crippen LogP contribution in [0.15, 0.2) is 18.2 Å². The van der Waals surface area contributed by atoms with E-state index in [2.05, 4.69) is 38.8 Å². The van der Waals surface area contributed by atoms with Crippen LogP contribution in [-0.2, 0) is 0 Å². The first-order valence-electron chi connectivity index (χ1n) is 11.7. The van der Waals surface area contributed by atoms with E-state index >= 15 is 0 Å². The van der Waals surface area contributed by atoms with Crippen LogP contribution in [0.1, 0.15) is 50.0 Å². The maximum atomic E-state index is 12.4. The van der Waals surface area contributed by atoms with Gasteiger partial charge in [0, 0.05) is 44.8 Å². The molecule has 2 aliphatic heterocycles. The Labute approximate surface area is 180 Å². The molecule has 0 spiro atoms. The van der Waals surface area contributed by atoms with E-state index in [0.29, 0.717) is 36.8 Å². The quantitative estimate of drug-likeness (QED) is 0.735. The van der Waals surface area contributed by atoms with Gasteiger partial charge in [-0.05, 0) is 70.7 Å². The van der Waals surface area contributed by atoms with Gasteiger partial charge in [0.05, 0.1) is 6.10 Å².